The molecule has 4 rings (SSSR count). The molecule has 1 heterocycles. The van der Waals surface area contributed by atoms with Crippen LogP contribution < -0.4 is 4.74 Å². The minimum absolute atomic E-state index is 0.0699. The maximum Gasteiger partial charge on any atom is 0.196 e. The van der Waals surface area contributed by atoms with Crippen molar-refractivity contribution < 1.29 is 14.6 Å². The summed E-state index contributed by atoms with van der Waals surface area (Å²) in [5.74, 6) is 1.93. The van der Waals surface area contributed by atoms with Crippen LogP contribution in [-0.2, 0) is 6.42 Å². The van der Waals surface area contributed by atoms with Crippen molar-refractivity contribution in [2.45, 2.75) is 33.1 Å². The Balaban J connectivity index is 1.59. The number of ether oxygens (including phenoxy) is 1. The number of carbonyl (C=O) groups excluding carboxylic acids is 1. The van der Waals surface area contributed by atoms with Gasteiger partial charge in [0.15, 0.2) is 17.3 Å². The van der Waals surface area contributed by atoms with E-state index < -0.39 is 0 Å². The van der Waals surface area contributed by atoms with Crippen LogP contribution in [0.1, 0.15) is 51.0 Å². The molecule has 0 aliphatic heterocycles. The fourth-order valence-corrected chi connectivity index (χ4v) is 5.53. The first-order valence-corrected chi connectivity index (χ1v) is 9.37. The van der Waals surface area contributed by atoms with Crippen LogP contribution in [0.2, 0.25) is 0 Å². The molecule has 1 aromatic carbocycles. The third-order valence-corrected chi connectivity index (χ3v) is 7.05. The van der Waals surface area contributed by atoms with Crippen LogP contribution in [0.3, 0.4) is 0 Å². The standard InChI is InChI=1S/C21H22O3S/c1-11-18-13(10-14-19(18)21(14,2)3)20(25-11)16(23)8-6-12-5-7-15(22)17(9-12)24-4/h5-9,14,19,22H,10H2,1-4H3/b8-6+/t14-,19-/m1/s1. The Labute approximate surface area is 152 Å². The third kappa shape index (κ3) is 2.43. The zero-order chi connectivity index (χ0) is 17.9. The SMILES string of the molecule is COc1cc(/C=C/C(=O)c2sc(C)c3c2C[C@@H]2[C@H]3C2(C)C)ccc1O. The van der Waals surface area contributed by atoms with E-state index in [1.165, 1.54) is 23.1 Å². The summed E-state index contributed by atoms with van der Waals surface area (Å²) in [6.07, 6.45) is 4.46. The Bertz CT molecular complexity index is 904. The normalized spacial score (nSPS) is 22.7. The molecule has 2 aliphatic rings. The van der Waals surface area contributed by atoms with Gasteiger partial charge in [0.2, 0.25) is 0 Å². The smallest absolute Gasteiger partial charge is 0.196 e. The third-order valence-electron chi connectivity index (χ3n) is 5.87. The number of aromatic hydroxyl groups is 1. The van der Waals surface area contributed by atoms with E-state index in [0.717, 1.165) is 16.9 Å². The summed E-state index contributed by atoms with van der Waals surface area (Å²) in [7, 11) is 1.51. The lowest BCUT2D eigenvalue weighted by Gasteiger charge is -2.09. The van der Waals surface area contributed by atoms with Gasteiger partial charge < -0.3 is 9.84 Å². The van der Waals surface area contributed by atoms with Gasteiger partial charge in [0, 0.05) is 4.88 Å². The quantitative estimate of drug-likeness (QED) is 0.623. The van der Waals surface area contributed by atoms with E-state index >= 15 is 0 Å². The van der Waals surface area contributed by atoms with Crippen molar-refractivity contribution in [1.82, 2.24) is 0 Å². The maximum atomic E-state index is 12.7. The predicted molar refractivity (Wildman–Crippen MR) is 101 cm³/mol. The van der Waals surface area contributed by atoms with Crippen LogP contribution in [0.15, 0.2) is 24.3 Å². The van der Waals surface area contributed by atoms with E-state index in [9.17, 15) is 9.90 Å². The molecule has 0 bridgehead atoms. The minimum atomic E-state index is 0.0699. The number of hydrogen-bond acceptors (Lipinski definition) is 4. The highest BCUT2D eigenvalue weighted by Crippen LogP contribution is 2.71. The average Bonchev–Trinajstić information content (AvgIpc) is 2.93. The molecule has 1 saturated carbocycles. The number of aryl methyl sites for hydroxylation is 1. The van der Waals surface area contributed by atoms with Gasteiger partial charge in [-0.3, -0.25) is 4.79 Å². The van der Waals surface area contributed by atoms with Gasteiger partial charge >= 0.3 is 0 Å². The van der Waals surface area contributed by atoms with E-state index in [-0.39, 0.29) is 11.5 Å². The number of benzene rings is 1. The van der Waals surface area contributed by atoms with E-state index in [1.54, 1.807) is 41.7 Å². The number of methoxy groups -OCH3 is 1. The van der Waals surface area contributed by atoms with Gasteiger partial charge in [-0.15, -0.1) is 11.3 Å². The second kappa shape index (κ2) is 5.46. The van der Waals surface area contributed by atoms with Crippen molar-refractivity contribution in [3.63, 3.8) is 0 Å². The van der Waals surface area contributed by atoms with Gasteiger partial charge in [-0.25, -0.2) is 0 Å². The molecule has 0 saturated heterocycles. The van der Waals surface area contributed by atoms with Gasteiger partial charge in [0.05, 0.1) is 12.0 Å². The topological polar surface area (TPSA) is 46.5 Å². The van der Waals surface area contributed by atoms with E-state index in [2.05, 4.69) is 20.8 Å². The van der Waals surface area contributed by atoms with Crippen molar-refractivity contribution in [2.75, 3.05) is 7.11 Å². The zero-order valence-corrected chi connectivity index (χ0v) is 15.7. The molecule has 0 spiro atoms. The number of phenols is 1. The Morgan fingerprint density at radius 3 is 2.88 bits per heavy atom. The highest BCUT2D eigenvalue weighted by Gasteiger charge is 2.63. The van der Waals surface area contributed by atoms with Crippen molar-refractivity contribution >= 4 is 23.2 Å². The molecule has 130 valence electrons. The summed E-state index contributed by atoms with van der Waals surface area (Å²) >= 11 is 1.64. The molecule has 2 atom stereocenters. The number of fused-ring (bicyclic) bond motifs is 3. The van der Waals surface area contributed by atoms with Gasteiger partial charge in [-0.05, 0) is 65.5 Å². The van der Waals surface area contributed by atoms with Gasteiger partial charge in [-0.2, -0.15) is 0 Å². The Kier molecular flexibility index (Phi) is 3.58. The first-order valence-electron chi connectivity index (χ1n) is 8.56. The monoisotopic (exact) mass is 354 g/mol. The molecule has 1 fully saturated rings. The number of hydrogen-bond donors (Lipinski definition) is 1. The number of thiophene rings is 1. The summed E-state index contributed by atoms with van der Waals surface area (Å²) in [5.41, 5.74) is 3.96. The summed E-state index contributed by atoms with van der Waals surface area (Å²) in [4.78, 5) is 14.9. The number of phenolic OH excluding ortho intramolecular Hbond substituents is 1. The fourth-order valence-electron chi connectivity index (χ4n) is 4.38. The molecule has 3 nitrogen and oxygen atoms in total. The first kappa shape index (κ1) is 16.4. The highest BCUT2D eigenvalue weighted by atomic mass is 32.1. The second-order valence-corrected chi connectivity index (χ2v) is 8.84. The number of allylic oxidation sites excluding steroid dienone is 1. The molecular formula is C21H22O3S. The Hall–Kier alpha value is -2.07. The van der Waals surface area contributed by atoms with Crippen LogP contribution >= 0.6 is 11.3 Å². The van der Waals surface area contributed by atoms with Crippen LogP contribution in [0, 0.1) is 18.3 Å². The molecule has 1 N–H and O–H groups in total. The fraction of sp³-hybridized carbons (Fsp3) is 0.381. The summed E-state index contributed by atoms with van der Waals surface area (Å²) in [6.45, 7) is 6.82. The van der Waals surface area contributed by atoms with Gasteiger partial charge in [-0.1, -0.05) is 26.0 Å². The lowest BCUT2D eigenvalue weighted by atomic mass is 9.94. The van der Waals surface area contributed by atoms with Crippen molar-refractivity contribution in [3.8, 4) is 11.5 Å². The predicted octanol–water partition coefficient (Wildman–Crippen LogP) is 4.96. The van der Waals surface area contributed by atoms with Gasteiger partial charge in [0.25, 0.3) is 0 Å². The summed E-state index contributed by atoms with van der Waals surface area (Å²) < 4.78 is 5.11. The molecule has 0 amide bonds. The van der Waals surface area contributed by atoms with E-state index in [0.29, 0.717) is 23.0 Å². The van der Waals surface area contributed by atoms with E-state index in [1.807, 2.05) is 0 Å². The van der Waals surface area contributed by atoms with Crippen LogP contribution in [0.5, 0.6) is 11.5 Å². The molecule has 0 radical (unpaired) electrons. The molecule has 2 aliphatic carbocycles. The number of carbonyl (C=O) groups is 1. The van der Waals surface area contributed by atoms with Crippen LogP contribution in [0.25, 0.3) is 6.08 Å². The summed E-state index contributed by atoms with van der Waals surface area (Å²) in [6, 6.07) is 5.07. The maximum absolute atomic E-state index is 12.7. The van der Waals surface area contributed by atoms with Crippen LogP contribution in [-0.4, -0.2) is 18.0 Å². The van der Waals surface area contributed by atoms with Crippen molar-refractivity contribution in [3.05, 3.63) is 50.7 Å². The van der Waals surface area contributed by atoms with Crippen molar-refractivity contribution in [1.29, 1.82) is 0 Å². The largest absolute Gasteiger partial charge is 0.504 e. The Morgan fingerprint density at radius 2 is 2.16 bits per heavy atom. The lowest BCUT2D eigenvalue weighted by molar-refractivity contribution is 0.105. The summed E-state index contributed by atoms with van der Waals surface area (Å²) in [5, 5.41) is 9.66. The molecule has 4 heteroatoms. The molecular weight excluding hydrogens is 332 g/mol. The Morgan fingerprint density at radius 1 is 1.40 bits per heavy atom. The molecule has 0 unspecified atom stereocenters. The van der Waals surface area contributed by atoms with Gasteiger partial charge in [0.1, 0.15) is 0 Å². The zero-order valence-electron chi connectivity index (χ0n) is 14.9. The minimum Gasteiger partial charge on any atom is -0.504 e. The second-order valence-electron chi connectivity index (χ2n) is 7.62. The van der Waals surface area contributed by atoms with Crippen molar-refractivity contribution in [2.24, 2.45) is 11.3 Å². The lowest BCUT2D eigenvalue weighted by Crippen LogP contribution is -2.02. The number of ketones is 1. The highest BCUT2D eigenvalue weighted by molar-refractivity contribution is 7.14. The first-order chi connectivity index (χ1) is 11.8. The molecule has 1 aromatic heterocycles. The molecule has 2 aromatic rings. The molecule has 25 heavy (non-hydrogen) atoms. The average molecular weight is 354 g/mol. The van der Waals surface area contributed by atoms with Crippen LogP contribution in [0.4, 0.5) is 0 Å². The number of rotatable bonds is 4. The van der Waals surface area contributed by atoms with E-state index in [4.69, 9.17) is 4.74 Å².